The highest BCUT2D eigenvalue weighted by atomic mass is 35.5. The van der Waals surface area contributed by atoms with Crippen LogP contribution in [0.25, 0.3) is 0 Å². The van der Waals surface area contributed by atoms with Crippen LogP contribution in [0.3, 0.4) is 0 Å². The number of nitrogen functional groups attached to an aromatic ring is 1. The molecule has 0 aliphatic carbocycles. The minimum Gasteiger partial charge on any atom is -0.478 e. The van der Waals surface area contributed by atoms with Gasteiger partial charge >= 0.3 is 0 Å². The van der Waals surface area contributed by atoms with Crippen LogP contribution in [-0.2, 0) is 0 Å². The monoisotopic (exact) mass is 285 g/mol. The molecule has 19 heavy (non-hydrogen) atoms. The number of halogens is 1. The highest BCUT2D eigenvalue weighted by molar-refractivity contribution is 5.94. The Hall–Kier alpha value is -1.29. The van der Waals surface area contributed by atoms with Crippen LogP contribution in [0.5, 0.6) is 5.88 Å². The van der Waals surface area contributed by atoms with E-state index in [9.17, 15) is 0 Å². The van der Waals surface area contributed by atoms with E-state index in [1.807, 2.05) is 0 Å². The summed E-state index contributed by atoms with van der Waals surface area (Å²) in [6.45, 7) is 2.93. The van der Waals surface area contributed by atoms with E-state index in [4.69, 9.17) is 15.9 Å². The third kappa shape index (κ3) is 7.67. The van der Waals surface area contributed by atoms with Gasteiger partial charge < -0.3 is 10.5 Å². The Morgan fingerprint density at radius 3 is 2.47 bits per heavy atom. The molecular weight excluding hydrogens is 262 g/mol. The van der Waals surface area contributed by atoms with E-state index >= 15 is 0 Å². The average Bonchev–Trinajstić information content (AvgIpc) is 2.38. The number of hydrogen-bond donors (Lipinski definition) is 2. The van der Waals surface area contributed by atoms with E-state index in [1.165, 1.54) is 32.1 Å². The molecule has 0 saturated carbocycles. The van der Waals surface area contributed by atoms with Crippen LogP contribution in [0, 0.1) is 5.41 Å². The van der Waals surface area contributed by atoms with Crippen molar-refractivity contribution in [1.29, 1.82) is 5.41 Å². The first-order valence-corrected chi connectivity index (χ1v) is 6.67. The van der Waals surface area contributed by atoms with Gasteiger partial charge in [0.25, 0.3) is 0 Å². The van der Waals surface area contributed by atoms with Crippen LogP contribution < -0.4 is 10.5 Å². The van der Waals surface area contributed by atoms with Gasteiger partial charge in [-0.3, -0.25) is 5.41 Å². The van der Waals surface area contributed by atoms with Crippen molar-refractivity contribution in [3.8, 4) is 5.88 Å². The molecule has 1 heterocycles. The minimum absolute atomic E-state index is 0. The molecule has 0 spiro atoms. The Labute approximate surface area is 121 Å². The summed E-state index contributed by atoms with van der Waals surface area (Å²) in [6, 6.07) is 3.51. The van der Waals surface area contributed by atoms with Gasteiger partial charge in [-0.15, -0.1) is 12.4 Å². The molecule has 0 fully saturated rings. The predicted molar refractivity (Wildman–Crippen MR) is 81.4 cm³/mol. The van der Waals surface area contributed by atoms with Gasteiger partial charge in [0.2, 0.25) is 5.88 Å². The van der Waals surface area contributed by atoms with Gasteiger partial charge in [0.15, 0.2) is 0 Å². The fraction of sp³-hybridized carbons (Fsp3) is 0.571. The average molecular weight is 286 g/mol. The van der Waals surface area contributed by atoms with Crippen molar-refractivity contribution in [1.82, 2.24) is 4.98 Å². The SMILES string of the molecule is CCCCCCCCOc1ccc(C(=N)N)cn1.Cl. The van der Waals surface area contributed by atoms with Crippen LogP contribution in [0.4, 0.5) is 0 Å². The maximum absolute atomic E-state index is 7.25. The van der Waals surface area contributed by atoms with Crippen LogP contribution in [0.15, 0.2) is 18.3 Å². The molecule has 0 aliphatic rings. The van der Waals surface area contributed by atoms with Crippen molar-refractivity contribution in [3.05, 3.63) is 23.9 Å². The lowest BCUT2D eigenvalue weighted by molar-refractivity contribution is 0.293. The number of nitrogens with two attached hydrogens (primary N) is 1. The minimum atomic E-state index is 0. The van der Waals surface area contributed by atoms with E-state index < -0.39 is 0 Å². The fourth-order valence-electron chi connectivity index (χ4n) is 1.68. The molecule has 4 nitrogen and oxygen atoms in total. The zero-order valence-corrected chi connectivity index (χ0v) is 12.3. The van der Waals surface area contributed by atoms with Crippen molar-refractivity contribution in [3.63, 3.8) is 0 Å². The number of pyridine rings is 1. The largest absolute Gasteiger partial charge is 0.478 e. The van der Waals surface area contributed by atoms with Gasteiger partial charge in [0, 0.05) is 17.8 Å². The van der Waals surface area contributed by atoms with E-state index in [2.05, 4.69) is 11.9 Å². The zero-order chi connectivity index (χ0) is 13.2. The number of rotatable bonds is 9. The maximum Gasteiger partial charge on any atom is 0.213 e. The highest BCUT2D eigenvalue weighted by Gasteiger charge is 1.99. The summed E-state index contributed by atoms with van der Waals surface area (Å²) in [5.41, 5.74) is 5.97. The first-order chi connectivity index (χ1) is 8.74. The van der Waals surface area contributed by atoms with Crippen molar-refractivity contribution >= 4 is 18.2 Å². The Morgan fingerprint density at radius 1 is 1.21 bits per heavy atom. The summed E-state index contributed by atoms with van der Waals surface area (Å²) in [4.78, 5) is 4.10. The summed E-state index contributed by atoms with van der Waals surface area (Å²) in [6.07, 6.45) is 9.07. The highest BCUT2D eigenvalue weighted by Crippen LogP contribution is 2.09. The van der Waals surface area contributed by atoms with Crippen LogP contribution >= 0.6 is 12.4 Å². The molecule has 0 unspecified atom stereocenters. The summed E-state index contributed by atoms with van der Waals surface area (Å²) in [7, 11) is 0. The number of hydrogen-bond acceptors (Lipinski definition) is 3. The molecule has 0 aromatic carbocycles. The van der Waals surface area contributed by atoms with Gasteiger partial charge in [-0.1, -0.05) is 39.0 Å². The second-order valence-electron chi connectivity index (χ2n) is 4.42. The van der Waals surface area contributed by atoms with Gasteiger partial charge in [-0.05, 0) is 12.5 Å². The molecule has 108 valence electrons. The quantitative estimate of drug-likeness (QED) is 0.414. The molecular formula is C14H24ClN3O. The molecule has 0 atom stereocenters. The molecule has 1 aromatic heterocycles. The molecule has 1 aromatic rings. The van der Waals surface area contributed by atoms with Gasteiger partial charge in [0.1, 0.15) is 5.84 Å². The number of nitrogens with one attached hydrogen (secondary N) is 1. The fourth-order valence-corrected chi connectivity index (χ4v) is 1.68. The lowest BCUT2D eigenvalue weighted by Crippen LogP contribution is -2.11. The second-order valence-corrected chi connectivity index (χ2v) is 4.42. The Morgan fingerprint density at radius 2 is 1.89 bits per heavy atom. The number of ether oxygens (including phenoxy) is 1. The molecule has 1 rings (SSSR count). The van der Waals surface area contributed by atoms with E-state index in [-0.39, 0.29) is 18.2 Å². The van der Waals surface area contributed by atoms with E-state index in [0.717, 1.165) is 6.42 Å². The maximum atomic E-state index is 7.25. The van der Waals surface area contributed by atoms with Gasteiger partial charge in [-0.25, -0.2) is 4.98 Å². The van der Waals surface area contributed by atoms with Crippen molar-refractivity contribution < 1.29 is 4.74 Å². The van der Waals surface area contributed by atoms with Crippen LogP contribution in [0.1, 0.15) is 51.0 Å². The Bertz CT molecular complexity index is 354. The van der Waals surface area contributed by atoms with Crippen LogP contribution in [0.2, 0.25) is 0 Å². The van der Waals surface area contributed by atoms with Crippen molar-refractivity contribution in [2.75, 3.05) is 6.61 Å². The van der Waals surface area contributed by atoms with E-state index in [0.29, 0.717) is 18.1 Å². The standard InChI is InChI=1S/C14H23N3O.ClH/c1-2-3-4-5-6-7-10-18-13-9-8-12(11-17-13)14(15)16;/h8-9,11H,2-7,10H2,1H3,(H3,15,16);1H. The van der Waals surface area contributed by atoms with Crippen molar-refractivity contribution in [2.24, 2.45) is 5.73 Å². The summed E-state index contributed by atoms with van der Waals surface area (Å²) in [5.74, 6) is 0.638. The third-order valence-electron chi connectivity index (χ3n) is 2.80. The normalized spacial score (nSPS) is 9.74. The Balaban J connectivity index is 0.00000324. The van der Waals surface area contributed by atoms with Gasteiger partial charge in [-0.2, -0.15) is 0 Å². The smallest absolute Gasteiger partial charge is 0.213 e. The summed E-state index contributed by atoms with van der Waals surface area (Å²) < 4.78 is 5.52. The molecule has 5 heteroatoms. The molecule has 0 radical (unpaired) electrons. The lowest BCUT2D eigenvalue weighted by atomic mass is 10.1. The molecule has 3 N–H and O–H groups in total. The third-order valence-corrected chi connectivity index (χ3v) is 2.80. The number of nitrogens with zero attached hydrogens (tertiary/aromatic N) is 1. The first kappa shape index (κ1) is 17.7. The Kier molecular flexibility index (Phi) is 9.90. The molecule has 0 amide bonds. The second kappa shape index (κ2) is 10.6. The molecule has 0 saturated heterocycles. The number of unbranched alkanes of at least 4 members (excludes halogenated alkanes) is 5. The topological polar surface area (TPSA) is 72.0 Å². The molecule has 0 bridgehead atoms. The lowest BCUT2D eigenvalue weighted by Gasteiger charge is -2.05. The summed E-state index contributed by atoms with van der Waals surface area (Å²) in [5, 5.41) is 7.25. The number of aromatic nitrogens is 1. The van der Waals surface area contributed by atoms with Crippen LogP contribution in [-0.4, -0.2) is 17.4 Å². The predicted octanol–water partition coefficient (Wildman–Crippen LogP) is 3.53. The summed E-state index contributed by atoms with van der Waals surface area (Å²) >= 11 is 0. The molecule has 0 aliphatic heterocycles. The van der Waals surface area contributed by atoms with E-state index in [1.54, 1.807) is 18.3 Å². The van der Waals surface area contributed by atoms with Crippen molar-refractivity contribution in [2.45, 2.75) is 45.4 Å². The zero-order valence-electron chi connectivity index (χ0n) is 11.5. The van der Waals surface area contributed by atoms with Gasteiger partial charge in [0.05, 0.1) is 6.61 Å². The number of amidine groups is 1. The first-order valence-electron chi connectivity index (χ1n) is 6.67.